The Morgan fingerprint density at radius 1 is 1.15 bits per heavy atom. The molecule has 0 aromatic carbocycles. The molecule has 2 rings (SSSR count). The molecule has 0 aliphatic heterocycles. The molecule has 0 unspecified atom stereocenters. The van der Waals surface area contributed by atoms with Crippen molar-refractivity contribution in [3.63, 3.8) is 0 Å². The number of nitrogens with zero attached hydrogens (tertiary/aromatic N) is 3. The van der Waals surface area contributed by atoms with Crippen molar-refractivity contribution in [2.75, 3.05) is 24.3 Å². The van der Waals surface area contributed by atoms with Crippen LogP contribution in [0.1, 0.15) is 18.1 Å². The summed E-state index contributed by atoms with van der Waals surface area (Å²) in [4.78, 5) is 12.6. The van der Waals surface area contributed by atoms with Crippen LogP contribution in [-0.4, -0.2) is 28.6 Å². The second-order valence-corrected chi connectivity index (χ2v) is 4.29. The number of anilines is 2. The standard InChI is InChI=1S/C14H19N5O/c1-4-15-13-10(2)14(19-9-18-13)17-8-11-5-6-16-12(7-11)20-3/h5-7,9H,4,8H2,1-3H3,(H2,15,17,18,19). The summed E-state index contributed by atoms with van der Waals surface area (Å²) in [6.45, 7) is 5.52. The molecule has 2 N–H and O–H groups in total. The summed E-state index contributed by atoms with van der Waals surface area (Å²) in [5.74, 6) is 2.29. The van der Waals surface area contributed by atoms with Crippen LogP contribution in [0.3, 0.4) is 0 Å². The van der Waals surface area contributed by atoms with Crippen LogP contribution < -0.4 is 15.4 Å². The quantitative estimate of drug-likeness (QED) is 0.841. The number of hydrogen-bond donors (Lipinski definition) is 2. The van der Waals surface area contributed by atoms with E-state index in [4.69, 9.17) is 4.74 Å². The molecule has 0 fully saturated rings. The van der Waals surface area contributed by atoms with E-state index in [9.17, 15) is 0 Å². The number of methoxy groups -OCH3 is 1. The van der Waals surface area contributed by atoms with Crippen molar-refractivity contribution in [3.05, 3.63) is 35.8 Å². The van der Waals surface area contributed by atoms with E-state index in [0.29, 0.717) is 12.4 Å². The Balaban J connectivity index is 2.08. The van der Waals surface area contributed by atoms with E-state index >= 15 is 0 Å². The lowest BCUT2D eigenvalue weighted by Crippen LogP contribution is -2.08. The summed E-state index contributed by atoms with van der Waals surface area (Å²) in [5.41, 5.74) is 2.09. The fraction of sp³-hybridized carbons (Fsp3) is 0.357. The van der Waals surface area contributed by atoms with Gasteiger partial charge in [0.15, 0.2) is 0 Å². The molecule has 0 radical (unpaired) electrons. The molecule has 0 spiro atoms. The van der Waals surface area contributed by atoms with Crippen molar-refractivity contribution in [2.45, 2.75) is 20.4 Å². The molecule has 106 valence electrons. The molecule has 0 atom stereocenters. The van der Waals surface area contributed by atoms with E-state index in [-0.39, 0.29) is 0 Å². The van der Waals surface area contributed by atoms with Crippen molar-refractivity contribution in [2.24, 2.45) is 0 Å². The van der Waals surface area contributed by atoms with Gasteiger partial charge in [0, 0.05) is 30.9 Å². The number of rotatable bonds is 6. The van der Waals surface area contributed by atoms with Gasteiger partial charge in [-0.25, -0.2) is 15.0 Å². The Labute approximate surface area is 118 Å². The Morgan fingerprint density at radius 3 is 2.60 bits per heavy atom. The summed E-state index contributed by atoms with van der Waals surface area (Å²) in [7, 11) is 1.61. The summed E-state index contributed by atoms with van der Waals surface area (Å²) in [6, 6.07) is 3.84. The lowest BCUT2D eigenvalue weighted by molar-refractivity contribution is 0.397. The second kappa shape index (κ2) is 6.70. The number of hydrogen-bond acceptors (Lipinski definition) is 6. The van der Waals surface area contributed by atoms with Crippen molar-refractivity contribution < 1.29 is 4.74 Å². The molecule has 0 amide bonds. The lowest BCUT2D eigenvalue weighted by atomic mass is 10.2. The Morgan fingerprint density at radius 2 is 1.90 bits per heavy atom. The zero-order valence-corrected chi connectivity index (χ0v) is 12.0. The van der Waals surface area contributed by atoms with E-state index in [0.717, 1.165) is 29.3 Å². The predicted molar refractivity (Wildman–Crippen MR) is 79.0 cm³/mol. The Kier molecular flexibility index (Phi) is 4.70. The van der Waals surface area contributed by atoms with Crippen molar-refractivity contribution >= 4 is 11.6 Å². The topological polar surface area (TPSA) is 72.0 Å². The van der Waals surface area contributed by atoms with E-state index < -0.39 is 0 Å². The number of nitrogens with one attached hydrogen (secondary N) is 2. The van der Waals surface area contributed by atoms with Crippen LogP contribution in [-0.2, 0) is 6.54 Å². The molecule has 0 bridgehead atoms. The summed E-state index contributed by atoms with van der Waals surface area (Å²) in [5, 5.41) is 6.52. The van der Waals surface area contributed by atoms with Gasteiger partial charge in [-0.3, -0.25) is 0 Å². The highest BCUT2D eigenvalue weighted by Crippen LogP contribution is 2.19. The first kappa shape index (κ1) is 14.0. The highest BCUT2D eigenvalue weighted by Gasteiger charge is 2.06. The summed E-state index contributed by atoms with van der Waals surface area (Å²) in [6.07, 6.45) is 3.28. The Bertz CT molecular complexity index is 573. The molecular formula is C14H19N5O. The van der Waals surface area contributed by atoms with E-state index in [2.05, 4.69) is 25.6 Å². The monoisotopic (exact) mass is 273 g/mol. The van der Waals surface area contributed by atoms with Gasteiger partial charge in [-0.15, -0.1) is 0 Å². The minimum Gasteiger partial charge on any atom is -0.481 e. The minimum atomic E-state index is 0.608. The van der Waals surface area contributed by atoms with Crippen molar-refractivity contribution in [3.8, 4) is 5.88 Å². The van der Waals surface area contributed by atoms with Gasteiger partial charge >= 0.3 is 0 Å². The molecule has 0 saturated carbocycles. The SMILES string of the molecule is CCNc1ncnc(NCc2ccnc(OC)c2)c1C. The maximum Gasteiger partial charge on any atom is 0.213 e. The predicted octanol–water partition coefficient (Wildman–Crippen LogP) is 2.23. The second-order valence-electron chi connectivity index (χ2n) is 4.29. The molecule has 2 heterocycles. The molecule has 2 aromatic heterocycles. The number of pyridine rings is 1. The molecule has 6 nitrogen and oxygen atoms in total. The first-order valence-electron chi connectivity index (χ1n) is 6.52. The highest BCUT2D eigenvalue weighted by atomic mass is 16.5. The van der Waals surface area contributed by atoms with Crippen LogP contribution in [0.5, 0.6) is 5.88 Å². The van der Waals surface area contributed by atoms with Gasteiger partial charge < -0.3 is 15.4 Å². The maximum atomic E-state index is 5.11. The van der Waals surface area contributed by atoms with Gasteiger partial charge in [0.25, 0.3) is 0 Å². The fourth-order valence-corrected chi connectivity index (χ4v) is 1.83. The smallest absolute Gasteiger partial charge is 0.213 e. The molecule has 6 heteroatoms. The Hall–Kier alpha value is -2.37. The number of ether oxygens (including phenoxy) is 1. The molecule has 2 aromatic rings. The first-order chi connectivity index (χ1) is 9.74. The minimum absolute atomic E-state index is 0.608. The zero-order chi connectivity index (χ0) is 14.4. The first-order valence-corrected chi connectivity index (χ1v) is 6.52. The molecule has 0 aliphatic rings. The van der Waals surface area contributed by atoms with Gasteiger partial charge in [0.1, 0.15) is 18.0 Å². The van der Waals surface area contributed by atoms with Crippen LogP contribution in [0.2, 0.25) is 0 Å². The fourth-order valence-electron chi connectivity index (χ4n) is 1.83. The van der Waals surface area contributed by atoms with Gasteiger partial charge in [0.2, 0.25) is 5.88 Å². The lowest BCUT2D eigenvalue weighted by Gasteiger charge is -2.12. The average Bonchev–Trinajstić information content (AvgIpc) is 2.48. The van der Waals surface area contributed by atoms with E-state index in [1.54, 1.807) is 19.6 Å². The maximum absolute atomic E-state index is 5.11. The normalized spacial score (nSPS) is 10.2. The molecular weight excluding hydrogens is 254 g/mol. The van der Waals surface area contributed by atoms with Gasteiger partial charge in [-0.2, -0.15) is 0 Å². The van der Waals surface area contributed by atoms with E-state index in [1.807, 2.05) is 26.0 Å². The molecule has 0 saturated heterocycles. The third-order valence-corrected chi connectivity index (χ3v) is 2.90. The van der Waals surface area contributed by atoms with E-state index in [1.165, 1.54) is 0 Å². The van der Waals surface area contributed by atoms with Gasteiger partial charge in [-0.05, 0) is 25.5 Å². The van der Waals surface area contributed by atoms with Crippen LogP contribution in [0, 0.1) is 6.92 Å². The largest absolute Gasteiger partial charge is 0.481 e. The zero-order valence-electron chi connectivity index (χ0n) is 12.0. The highest BCUT2D eigenvalue weighted by molar-refractivity contribution is 5.56. The van der Waals surface area contributed by atoms with Gasteiger partial charge in [-0.1, -0.05) is 0 Å². The van der Waals surface area contributed by atoms with Crippen molar-refractivity contribution in [1.29, 1.82) is 0 Å². The van der Waals surface area contributed by atoms with Crippen molar-refractivity contribution in [1.82, 2.24) is 15.0 Å². The summed E-state index contributed by atoms with van der Waals surface area (Å²) >= 11 is 0. The number of aromatic nitrogens is 3. The van der Waals surface area contributed by atoms with Crippen LogP contribution in [0.25, 0.3) is 0 Å². The van der Waals surface area contributed by atoms with Crippen LogP contribution in [0.15, 0.2) is 24.7 Å². The molecule has 20 heavy (non-hydrogen) atoms. The third kappa shape index (κ3) is 3.34. The third-order valence-electron chi connectivity index (χ3n) is 2.90. The molecule has 0 aliphatic carbocycles. The average molecular weight is 273 g/mol. The van der Waals surface area contributed by atoms with Gasteiger partial charge in [0.05, 0.1) is 7.11 Å². The summed E-state index contributed by atoms with van der Waals surface area (Å²) < 4.78 is 5.11. The van der Waals surface area contributed by atoms with Crippen LogP contribution >= 0.6 is 0 Å². The van der Waals surface area contributed by atoms with Crippen LogP contribution in [0.4, 0.5) is 11.6 Å².